The van der Waals surface area contributed by atoms with Gasteiger partial charge in [-0.2, -0.15) is 0 Å². The highest BCUT2D eigenvalue weighted by molar-refractivity contribution is 6.17. The number of furan rings is 1. The third kappa shape index (κ3) is 1.11. The molecule has 0 aromatic carbocycles. The summed E-state index contributed by atoms with van der Waals surface area (Å²) in [6.07, 6.45) is 1.25. The van der Waals surface area contributed by atoms with Crippen molar-refractivity contribution >= 4 is 17.5 Å². The topological polar surface area (TPSA) is 56.3 Å². The standard InChI is InChI=1S/C5H4ClNO3/c6-3-4-1-2-10-5(4)7(8)9/h1-2H,3H2. The first kappa shape index (κ1) is 7.08. The Morgan fingerprint density at radius 2 is 2.50 bits per heavy atom. The second-order valence-corrected chi connectivity index (χ2v) is 1.91. The number of rotatable bonds is 2. The molecule has 0 amide bonds. The molecule has 5 heteroatoms. The van der Waals surface area contributed by atoms with Crippen LogP contribution in [0.5, 0.6) is 0 Å². The molecule has 0 radical (unpaired) electrons. The zero-order valence-corrected chi connectivity index (χ0v) is 5.67. The van der Waals surface area contributed by atoms with Crippen LogP contribution in [0.2, 0.25) is 0 Å². The lowest BCUT2D eigenvalue weighted by atomic mass is 10.4. The van der Waals surface area contributed by atoms with Crippen LogP contribution < -0.4 is 0 Å². The highest BCUT2D eigenvalue weighted by Gasteiger charge is 2.15. The maximum atomic E-state index is 10.1. The molecule has 0 atom stereocenters. The number of hydrogen-bond donors (Lipinski definition) is 0. The van der Waals surface area contributed by atoms with Crippen molar-refractivity contribution < 1.29 is 9.34 Å². The van der Waals surface area contributed by atoms with Gasteiger partial charge in [0, 0.05) is 0 Å². The molecule has 0 saturated carbocycles. The first-order chi connectivity index (χ1) is 4.75. The summed E-state index contributed by atoms with van der Waals surface area (Å²) in [4.78, 5) is 9.50. The maximum absolute atomic E-state index is 10.1. The highest BCUT2D eigenvalue weighted by Crippen LogP contribution is 2.20. The van der Waals surface area contributed by atoms with Gasteiger partial charge < -0.3 is 4.42 Å². The normalized spacial score (nSPS) is 9.70. The van der Waals surface area contributed by atoms with Gasteiger partial charge in [0.05, 0.1) is 17.7 Å². The van der Waals surface area contributed by atoms with E-state index in [-0.39, 0.29) is 11.8 Å². The first-order valence-electron chi connectivity index (χ1n) is 2.52. The molecule has 54 valence electrons. The molecule has 0 aliphatic heterocycles. The molecule has 1 aromatic heterocycles. The van der Waals surface area contributed by atoms with Crippen molar-refractivity contribution in [2.45, 2.75) is 5.88 Å². The number of nitro groups is 1. The van der Waals surface area contributed by atoms with Gasteiger partial charge in [-0.25, -0.2) is 0 Å². The smallest absolute Gasteiger partial charge is 0.409 e. The minimum Gasteiger partial charge on any atom is -0.409 e. The van der Waals surface area contributed by atoms with Gasteiger partial charge in [-0.15, -0.1) is 11.6 Å². The van der Waals surface area contributed by atoms with Crippen LogP contribution in [0.3, 0.4) is 0 Å². The summed E-state index contributed by atoms with van der Waals surface area (Å²) in [5.74, 6) is -0.165. The molecule has 10 heavy (non-hydrogen) atoms. The summed E-state index contributed by atoms with van der Waals surface area (Å²) in [5.41, 5.74) is 0.409. The number of alkyl halides is 1. The van der Waals surface area contributed by atoms with E-state index in [9.17, 15) is 10.1 Å². The van der Waals surface area contributed by atoms with Crippen molar-refractivity contribution in [2.24, 2.45) is 0 Å². The second-order valence-electron chi connectivity index (χ2n) is 1.64. The Bertz CT molecular complexity index is 245. The largest absolute Gasteiger partial charge is 0.437 e. The summed E-state index contributed by atoms with van der Waals surface area (Å²) in [6, 6.07) is 1.48. The molecule has 0 saturated heterocycles. The Hall–Kier alpha value is -1.03. The summed E-state index contributed by atoms with van der Waals surface area (Å²) in [6.45, 7) is 0. The Morgan fingerprint density at radius 3 is 2.90 bits per heavy atom. The number of halogens is 1. The van der Waals surface area contributed by atoms with Gasteiger partial charge in [-0.3, -0.25) is 10.1 Å². The van der Waals surface area contributed by atoms with E-state index in [1.165, 1.54) is 12.3 Å². The van der Waals surface area contributed by atoms with E-state index >= 15 is 0 Å². The molecule has 1 aromatic rings. The van der Waals surface area contributed by atoms with E-state index in [0.29, 0.717) is 5.56 Å². The minimum absolute atomic E-state index is 0.104. The molecule has 0 bridgehead atoms. The fraction of sp³-hybridized carbons (Fsp3) is 0.200. The average Bonchev–Trinajstić information content (AvgIpc) is 2.33. The quantitative estimate of drug-likeness (QED) is 0.378. The molecular weight excluding hydrogens is 158 g/mol. The van der Waals surface area contributed by atoms with Crippen molar-refractivity contribution in [3.63, 3.8) is 0 Å². The molecule has 0 unspecified atom stereocenters. The van der Waals surface area contributed by atoms with Crippen LogP contribution in [0.15, 0.2) is 16.7 Å². The van der Waals surface area contributed by atoms with Crippen LogP contribution in [-0.4, -0.2) is 4.92 Å². The van der Waals surface area contributed by atoms with E-state index in [0.717, 1.165) is 0 Å². The lowest BCUT2D eigenvalue weighted by Gasteiger charge is -1.85. The van der Waals surface area contributed by atoms with Crippen LogP contribution in [0.25, 0.3) is 0 Å². The van der Waals surface area contributed by atoms with E-state index in [1.807, 2.05) is 0 Å². The van der Waals surface area contributed by atoms with Crippen LogP contribution in [0.1, 0.15) is 5.56 Å². The molecule has 0 spiro atoms. The summed E-state index contributed by atoms with van der Waals surface area (Å²) < 4.78 is 4.53. The monoisotopic (exact) mass is 161 g/mol. The number of nitrogens with zero attached hydrogens (tertiary/aromatic N) is 1. The van der Waals surface area contributed by atoms with Crippen molar-refractivity contribution in [1.82, 2.24) is 0 Å². The Labute approximate surface area is 61.5 Å². The summed E-state index contributed by atoms with van der Waals surface area (Å²) in [5, 5.41) is 10.1. The maximum Gasteiger partial charge on any atom is 0.437 e. The van der Waals surface area contributed by atoms with Gasteiger partial charge in [0.15, 0.2) is 0 Å². The SMILES string of the molecule is O=[N+]([O-])c1occc1CCl. The zero-order chi connectivity index (χ0) is 7.56. The van der Waals surface area contributed by atoms with Gasteiger partial charge in [-0.05, 0) is 6.07 Å². The van der Waals surface area contributed by atoms with Crippen LogP contribution in [-0.2, 0) is 5.88 Å². The summed E-state index contributed by atoms with van der Waals surface area (Å²) >= 11 is 5.35. The van der Waals surface area contributed by atoms with E-state index < -0.39 is 4.92 Å². The van der Waals surface area contributed by atoms with Gasteiger partial charge in [0.1, 0.15) is 4.92 Å². The first-order valence-corrected chi connectivity index (χ1v) is 3.06. The molecule has 1 heterocycles. The third-order valence-corrected chi connectivity index (χ3v) is 1.32. The lowest BCUT2D eigenvalue weighted by molar-refractivity contribution is -0.402. The fourth-order valence-electron chi connectivity index (χ4n) is 0.590. The van der Waals surface area contributed by atoms with E-state index in [4.69, 9.17) is 11.6 Å². The molecule has 0 N–H and O–H groups in total. The Balaban J connectivity index is 3.01. The molecule has 0 fully saturated rings. The third-order valence-electron chi connectivity index (χ3n) is 1.03. The predicted octanol–water partition coefficient (Wildman–Crippen LogP) is 1.93. The lowest BCUT2D eigenvalue weighted by Crippen LogP contribution is -1.87. The molecule has 4 nitrogen and oxygen atoms in total. The van der Waals surface area contributed by atoms with Crippen molar-refractivity contribution in [3.05, 3.63) is 28.0 Å². The highest BCUT2D eigenvalue weighted by atomic mass is 35.5. The van der Waals surface area contributed by atoms with E-state index in [2.05, 4.69) is 4.42 Å². The molecular formula is C5H4ClNO3. The van der Waals surface area contributed by atoms with Crippen LogP contribution in [0, 0.1) is 10.1 Å². The van der Waals surface area contributed by atoms with Gasteiger partial charge >= 0.3 is 5.88 Å². The van der Waals surface area contributed by atoms with E-state index in [1.54, 1.807) is 0 Å². The number of hydrogen-bond acceptors (Lipinski definition) is 3. The van der Waals surface area contributed by atoms with Crippen LogP contribution in [0.4, 0.5) is 5.88 Å². The van der Waals surface area contributed by atoms with Crippen LogP contribution >= 0.6 is 11.6 Å². The van der Waals surface area contributed by atoms with Gasteiger partial charge in [0.25, 0.3) is 0 Å². The Morgan fingerprint density at radius 1 is 1.80 bits per heavy atom. The van der Waals surface area contributed by atoms with Crippen molar-refractivity contribution in [1.29, 1.82) is 0 Å². The average molecular weight is 162 g/mol. The molecule has 0 aliphatic rings. The van der Waals surface area contributed by atoms with Gasteiger partial charge in [-0.1, -0.05) is 0 Å². The van der Waals surface area contributed by atoms with Crippen molar-refractivity contribution in [2.75, 3.05) is 0 Å². The Kier molecular flexibility index (Phi) is 1.91. The fourth-order valence-corrected chi connectivity index (χ4v) is 0.793. The minimum atomic E-state index is -0.599. The molecule has 1 rings (SSSR count). The summed E-state index contributed by atoms with van der Waals surface area (Å²) in [7, 11) is 0. The molecule has 0 aliphatic carbocycles. The second kappa shape index (κ2) is 2.70. The predicted molar refractivity (Wildman–Crippen MR) is 34.9 cm³/mol. The van der Waals surface area contributed by atoms with Crippen molar-refractivity contribution in [3.8, 4) is 0 Å². The zero-order valence-electron chi connectivity index (χ0n) is 4.91. The van der Waals surface area contributed by atoms with Gasteiger partial charge in [0.2, 0.25) is 0 Å².